The van der Waals surface area contributed by atoms with Crippen LogP contribution in [0.3, 0.4) is 0 Å². The van der Waals surface area contributed by atoms with Gasteiger partial charge >= 0.3 is 5.97 Å². The van der Waals surface area contributed by atoms with Crippen molar-refractivity contribution in [3.05, 3.63) is 28.6 Å². The van der Waals surface area contributed by atoms with Crippen LogP contribution < -0.4 is 0 Å². The maximum Gasteiger partial charge on any atom is 0.337 e. The SMILES string of the molecule is Cc1nc2c(cc1C(=O)O)C(=O)CCC2. The van der Waals surface area contributed by atoms with E-state index in [-0.39, 0.29) is 11.3 Å². The second-order valence-electron chi connectivity index (χ2n) is 3.70. The maximum absolute atomic E-state index is 11.5. The van der Waals surface area contributed by atoms with Gasteiger partial charge in [-0.25, -0.2) is 4.79 Å². The number of rotatable bonds is 1. The molecule has 1 heterocycles. The molecule has 0 bridgehead atoms. The molecule has 1 aromatic rings. The van der Waals surface area contributed by atoms with E-state index in [1.54, 1.807) is 6.92 Å². The molecule has 1 N–H and O–H groups in total. The number of ketones is 1. The van der Waals surface area contributed by atoms with Gasteiger partial charge < -0.3 is 5.11 Å². The Morgan fingerprint density at radius 1 is 1.47 bits per heavy atom. The summed E-state index contributed by atoms with van der Waals surface area (Å²) in [4.78, 5) is 26.6. The van der Waals surface area contributed by atoms with Gasteiger partial charge in [0.05, 0.1) is 17.0 Å². The first-order chi connectivity index (χ1) is 7.09. The zero-order valence-electron chi connectivity index (χ0n) is 8.41. The van der Waals surface area contributed by atoms with Gasteiger partial charge in [-0.3, -0.25) is 9.78 Å². The fraction of sp³-hybridized carbons (Fsp3) is 0.364. The van der Waals surface area contributed by atoms with Crippen molar-refractivity contribution in [2.45, 2.75) is 26.2 Å². The minimum Gasteiger partial charge on any atom is -0.478 e. The van der Waals surface area contributed by atoms with Gasteiger partial charge in [-0.15, -0.1) is 0 Å². The normalized spacial score (nSPS) is 14.9. The molecule has 1 aliphatic rings. The van der Waals surface area contributed by atoms with Gasteiger partial charge in [0.2, 0.25) is 0 Å². The Morgan fingerprint density at radius 2 is 2.20 bits per heavy atom. The molecule has 0 aliphatic heterocycles. The molecule has 1 aromatic heterocycles. The zero-order chi connectivity index (χ0) is 11.0. The third-order valence-corrected chi connectivity index (χ3v) is 2.64. The molecule has 0 amide bonds. The number of pyridine rings is 1. The number of carboxylic acids is 1. The lowest BCUT2D eigenvalue weighted by Crippen LogP contribution is -2.16. The smallest absolute Gasteiger partial charge is 0.337 e. The predicted molar refractivity (Wildman–Crippen MR) is 53.2 cm³/mol. The lowest BCUT2D eigenvalue weighted by atomic mass is 9.93. The third kappa shape index (κ3) is 1.63. The summed E-state index contributed by atoms with van der Waals surface area (Å²) < 4.78 is 0. The Labute approximate surface area is 87.0 Å². The average molecular weight is 205 g/mol. The number of Topliss-reactive ketones (excluding diaryl/α,β-unsaturated/α-hetero) is 1. The first kappa shape index (κ1) is 9.83. The third-order valence-electron chi connectivity index (χ3n) is 2.64. The van der Waals surface area contributed by atoms with E-state index in [0.29, 0.717) is 17.7 Å². The number of carbonyl (C=O) groups excluding carboxylic acids is 1. The molecule has 0 unspecified atom stereocenters. The van der Waals surface area contributed by atoms with Crippen LogP contribution >= 0.6 is 0 Å². The summed E-state index contributed by atoms with van der Waals surface area (Å²) in [5, 5.41) is 8.90. The highest BCUT2D eigenvalue weighted by Gasteiger charge is 2.21. The molecular formula is C11H11NO3. The molecule has 0 aromatic carbocycles. The molecule has 0 saturated carbocycles. The van der Waals surface area contributed by atoms with Crippen LogP contribution in [0.25, 0.3) is 0 Å². The second kappa shape index (κ2) is 3.46. The monoisotopic (exact) mass is 205 g/mol. The van der Waals surface area contributed by atoms with Crippen LogP contribution in [0.5, 0.6) is 0 Å². The van der Waals surface area contributed by atoms with E-state index in [0.717, 1.165) is 18.5 Å². The largest absolute Gasteiger partial charge is 0.478 e. The minimum absolute atomic E-state index is 0.00579. The molecule has 0 saturated heterocycles. The van der Waals surface area contributed by atoms with Crippen LogP contribution in [-0.2, 0) is 6.42 Å². The van der Waals surface area contributed by atoms with E-state index in [1.165, 1.54) is 6.07 Å². The van der Waals surface area contributed by atoms with Crippen molar-refractivity contribution >= 4 is 11.8 Å². The van der Waals surface area contributed by atoms with Crippen LogP contribution in [0.1, 0.15) is 44.9 Å². The Balaban J connectivity index is 2.60. The Morgan fingerprint density at radius 3 is 2.87 bits per heavy atom. The first-order valence-corrected chi connectivity index (χ1v) is 4.86. The molecule has 0 atom stereocenters. The van der Waals surface area contributed by atoms with Crippen LogP contribution in [-0.4, -0.2) is 21.8 Å². The van der Waals surface area contributed by atoms with E-state index >= 15 is 0 Å². The van der Waals surface area contributed by atoms with Crippen molar-refractivity contribution in [1.29, 1.82) is 0 Å². The maximum atomic E-state index is 11.5. The summed E-state index contributed by atoms with van der Waals surface area (Å²) in [6.07, 6.45) is 2.07. The summed E-state index contributed by atoms with van der Waals surface area (Å²) in [6, 6.07) is 1.46. The number of hydrogen-bond donors (Lipinski definition) is 1. The average Bonchev–Trinajstić information content (AvgIpc) is 2.16. The quantitative estimate of drug-likeness (QED) is 0.756. The highest BCUT2D eigenvalue weighted by Crippen LogP contribution is 2.22. The molecule has 4 heteroatoms. The van der Waals surface area contributed by atoms with Gasteiger partial charge in [0.25, 0.3) is 0 Å². The van der Waals surface area contributed by atoms with Gasteiger partial charge in [0.15, 0.2) is 5.78 Å². The van der Waals surface area contributed by atoms with Crippen molar-refractivity contribution in [3.63, 3.8) is 0 Å². The summed E-state index contributed by atoms with van der Waals surface area (Å²) in [7, 11) is 0. The molecule has 4 nitrogen and oxygen atoms in total. The van der Waals surface area contributed by atoms with Crippen LogP contribution in [0.2, 0.25) is 0 Å². The highest BCUT2D eigenvalue weighted by molar-refractivity contribution is 6.00. The number of hydrogen-bond acceptors (Lipinski definition) is 3. The highest BCUT2D eigenvalue weighted by atomic mass is 16.4. The molecule has 15 heavy (non-hydrogen) atoms. The standard InChI is InChI=1S/C11H11NO3/c1-6-7(11(14)15)5-8-9(12-6)3-2-4-10(8)13/h5H,2-4H2,1H3,(H,14,15). The van der Waals surface area contributed by atoms with Crippen LogP contribution in [0.4, 0.5) is 0 Å². The Bertz CT molecular complexity index is 451. The van der Waals surface area contributed by atoms with E-state index < -0.39 is 5.97 Å². The first-order valence-electron chi connectivity index (χ1n) is 4.86. The van der Waals surface area contributed by atoms with Crippen LogP contribution in [0, 0.1) is 6.92 Å². The number of nitrogens with zero attached hydrogens (tertiary/aromatic N) is 1. The van der Waals surface area contributed by atoms with E-state index in [1.807, 2.05) is 0 Å². The van der Waals surface area contributed by atoms with Gasteiger partial charge in [-0.1, -0.05) is 0 Å². The van der Waals surface area contributed by atoms with Crippen molar-refractivity contribution < 1.29 is 14.7 Å². The fourth-order valence-corrected chi connectivity index (χ4v) is 1.85. The van der Waals surface area contributed by atoms with Gasteiger partial charge in [0, 0.05) is 12.0 Å². The van der Waals surface area contributed by atoms with Gasteiger partial charge in [0.1, 0.15) is 0 Å². The minimum atomic E-state index is -1.03. The fourth-order valence-electron chi connectivity index (χ4n) is 1.85. The van der Waals surface area contributed by atoms with Crippen molar-refractivity contribution in [2.75, 3.05) is 0 Å². The summed E-state index contributed by atoms with van der Waals surface area (Å²) in [5.41, 5.74) is 1.85. The van der Waals surface area contributed by atoms with Crippen molar-refractivity contribution in [2.24, 2.45) is 0 Å². The lowest BCUT2D eigenvalue weighted by Gasteiger charge is -2.15. The molecular weight excluding hydrogens is 194 g/mol. The number of aromatic carboxylic acids is 1. The molecule has 0 spiro atoms. The van der Waals surface area contributed by atoms with E-state index in [4.69, 9.17) is 5.11 Å². The molecule has 0 fully saturated rings. The predicted octanol–water partition coefficient (Wildman–Crippen LogP) is 1.61. The number of carboxylic acid groups (broad SMARTS) is 1. The molecule has 0 radical (unpaired) electrons. The zero-order valence-corrected chi connectivity index (χ0v) is 8.41. The van der Waals surface area contributed by atoms with Gasteiger partial charge in [-0.05, 0) is 25.8 Å². The van der Waals surface area contributed by atoms with Gasteiger partial charge in [-0.2, -0.15) is 0 Å². The Hall–Kier alpha value is -1.71. The molecule has 1 aliphatic carbocycles. The van der Waals surface area contributed by atoms with E-state index in [2.05, 4.69) is 4.98 Å². The van der Waals surface area contributed by atoms with Crippen LogP contribution in [0.15, 0.2) is 6.07 Å². The summed E-state index contributed by atoms with van der Waals surface area (Å²) in [5.74, 6) is -1.02. The summed E-state index contributed by atoms with van der Waals surface area (Å²) >= 11 is 0. The topological polar surface area (TPSA) is 67.3 Å². The van der Waals surface area contributed by atoms with Crippen molar-refractivity contribution in [3.8, 4) is 0 Å². The molecule has 2 rings (SSSR count). The number of carbonyl (C=O) groups is 2. The number of fused-ring (bicyclic) bond motifs is 1. The number of aryl methyl sites for hydroxylation is 2. The van der Waals surface area contributed by atoms with E-state index in [9.17, 15) is 9.59 Å². The van der Waals surface area contributed by atoms with Crippen molar-refractivity contribution in [1.82, 2.24) is 4.98 Å². The molecule has 78 valence electrons. The number of aromatic nitrogens is 1. The lowest BCUT2D eigenvalue weighted by molar-refractivity contribution is 0.0695. The Kier molecular flexibility index (Phi) is 2.26. The summed E-state index contributed by atoms with van der Waals surface area (Å²) in [6.45, 7) is 1.66. The second-order valence-corrected chi connectivity index (χ2v) is 3.70.